The summed E-state index contributed by atoms with van der Waals surface area (Å²) in [6, 6.07) is 6.51. The molecule has 1 N–H and O–H groups in total. The molecule has 4 aliphatic rings. The molecule has 2 bridgehead atoms. The Morgan fingerprint density at radius 3 is 2.32 bits per heavy atom. The molecule has 0 spiro atoms. The van der Waals surface area contributed by atoms with Gasteiger partial charge < -0.3 is 19.5 Å². The first-order valence-corrected chi connectivity index (χ1v) is 13.3. The standard InChI is InChI=1S/C29H43NO4/c1-27(2)14-20-15-28(3,4)18-29(16-20,17-27)30-22-7-9-23(22)34-24-8-6-19(13-25(24)32-5)12-21-10-11-33-26(21)31/h6,8,13,20-23,30H,7,9-12,14-18H2,1-5H3. The van der Waals surface area contributed by atoms with Gasteiger partial charge in [-0.05, 0) is 92.2 Å². The first-order chi connectivity index (χ1) is 16.1. The van der Waals surface area contributed by atoms with Gasteiger partial charge in [0.05, 0.1) is 19.6 Å². The van der Waals surface area contributed by atoms with Crippen molar-refractivity contribution >= 4 is 5.97 Å². The number of methoxy groups -OCH3 is 1. The van der Waals surface area contributed by atoms with Crippen LogP contribution in [0.1, 0.15) is 84.6 Å². The maximum atomic E-state index is 11.9. The number of carbonyl (C=O) groups is 1. The fraction of sp³-hybridized carbons (Fsp3) is 0.759. The van der Waals surface area contributed by atoms with Crippen molar-refractivity contribution in [2.75, 3.05) is 13.7 Å². The minimum absolute atomic E-state index is 0.0424. The maximum Gasteiger partial charge on any atom is 0.309 e. The van der Waals surface area contributed by atoms with Crippen LogP contribution in [-0.4, -0.2) is 37.4 Å². The molecule has 3 aliphatic carbocycles. The molecule has 34 heavy (non-hydrogen) atoms. The van der Waals surface area contributed by atoms with Crippen LogP contribution < -0.4 is 14.8 Å². The number of esters is 1. The summed E-state index contributed by atoms with van der Waals surface area (Å²) in [5.41, 5.74) is 2.12. The molecule has 0 radical (unpaired) electrons. The van der Waals surface area contributed by atoms with Gasteiger partial charge in [-0.25, -0.2) is 0 Å². The Kier molecular flexibility index (Phi) is 6.15. The van der Waals surface area contributed by atoms with Crippen molar-refractivity contribution in [3.63, 3.8) is 0 Å². The molecule has 5 nitrogen and oxygen atoms in total. The van der Waals surface area contributed by atoms with Gasteiger partial charge in [0.2, 0.25) is 0 Å². The minimum Gasteiger partial charge on any atom is -0.493 e. The fourth-order valence-electron chi connectivity index (χ4n) is 7.95. The van der Waals surface area contributed by atoms with E-state index in [4.69, 9.17) is 14.2 Å². The molecule has 3 atom stereocenters. The summed E-state index contributed by atoms with van der Waals surface area (Å²) in [5.74, 6) is 2.26. The predicted molar refractivity (Wildman–Crippen MR) is 133 cm³/mol. The highest BCUT2D eigenvalue weighted by atomic mass is 16.5. The van der Waals surface area contributed by atoms with Gasteiger partial charge in [0.15, 0.2) is 11.5 Å². The van der Waals surface area contributed by atoms with Gasteiger partial charge in [0.25, 0.3) is 0 Å². The number of cyclic esters (lactones) is 1. The lowest BCUT2D eigenvalue weighted by Gasteiger charge is -2.59. The Hall–Kier alpha value is -1.75. The minimum atomic E-state index is -0.0823. The van der Waals surface area contributed by atoms with Gasteiger partial charge in [-0.15, -0.1) is 0 Å². The van der Waals surface area contributed by atoms with Gasteiger partial charge in [-0.3, -0.25) is 4.79 Å². The van der Waals surface area contributed by atoms with E-state index in [1.807, 2.05) is 12.1 Å². The van der Waals surface area contributed by atoms with Crippen molar-refractivity contribution in [1.29, 1.82) is 0 Å². The van der Waals surface area contributed by atoms with E-state index >= 15 is 0 Å². The van der Waals surface area contributed by atoms with E-state index in [2.05, 4.69) is 39.1 Å². The number of nitrogens with one attached hydrogen (secondary N) is 1. The summed E-state index contributed by atoms with van der Waals surface area (Å²) in [7, 11) is 1.69. The molecule has 5 heteroatoms. The van der Waals surface area contributed by atoms with Gasteiger partial charge >= 0.3 is 5.97 Å². The van der Waals surface area contributed by atoms with Crippen LogP contribution in [0.2, 0.25) is 0 Å². The largest absolute Gasteiger partial charge is 0.493 e. The van der Waals surface area contributed by atoms with Crippen molar-refractivity contribution in [3.05, 3.63) is 23.8 Å². The number of carbonyl (C=O) groups excluding carboxylic acids is 1. The van der Waals surface area contributed by atoms with Crippen LogP contribution in [0.4, 0.5) is 0 Å². The number of fused-ring (bicyclic) bond motifs is 2. The highest BCUT2D eigenvalue weighted by molar-refractivity contribution is 5.74. The smallest absolute Gasteiger partial charge is 0.309 e. The molecule has 188 valence electrons. The van der Waals surface area contributed by atoms with E-state index in [0.717, 1.165) is 35.8 Å². The van der Waals surface area contributed by atoms with Crippen molar-refractivity contribution in [1.82, 2.24) is 5.32 Å². The monoisotopic (exact) mass is 469 g/mol. The SMILES string of the molecule is COc1cc(CC2CCOC2=O)ccc1OC1CCC1NC12CC(CC(C)(C)C1)CC(C)(C)C2. The second-order valence-corrected chi connectivity index (χ2v) is 13.3. The van der Waals surface area contributed by atoms with Crippen molar-refractivity contribution < 1.29 is 19.0 Å². The normalized spacial score (nSPS) is 35.9. The van der Waals surface area contributed by atoms with Crippen LogP contribution in [-0.2, 0) is 16.0 Å². The molecule has 1 aromatic carbocycles. The Morgan fingerprint density at radius 1 is 1.00 bits per heavy atom. The van der Waals surface area contributed by atoms with Gasteiger partial charge in [-0.2, -0.15) is 0 Å². The first-order valence-electron chi connectivity index (χ1n) is 13.3. The average Bonchev–Trinajstić information content (AvgIpc) is 3.12. The fourth-order valence-corrected chi connectivity index (χ4v) is 7.95. The summed E-state index contributed by atoms with van der Waals surface area (Å²) in [6.45, 7) is 10.4. The van der Waals surface area contributed by atoms with Crippen LogP contribution in [0.5, 0.6) is 11.5 Å². The summed E-state index contributed by atoms with van der Waals surface area (Å²) < 4.78 is 17.3. The van der Waals surface area contributed by atoms with Crippen molar-refractivity contribution in [2.24, 2.45) is 22.7 Å². The second kappa shape index (κ2) is 8.72. The van der Waals surface area contributed by atoms with E-state index in [0.29, 0.717) is 29.9 Å². The quantitative estimate of drug-likeness (QED) is 0.520. The van der Waals surface area contributed by atoms with Crippen LogP contribution >= 0.6 is 0 Å². The zero-order chi connectivity index (χ0) is 24.1. The lowest BCUT2D eigenvalue weighted by Crippen LogP contribution is -2.65. The van der Waals surface area contributed by atoms with Gasteiger partial charge in [-0.1, -0.05) is 33.8 Å². The molecule has 1 aromatic rings. The molecule has 3 saturated carbocycles. The molecule has 1 saturated heterocycles. The first kappa shape index (κ1) is 24.0. The van der Waals surface area contributed by atoms with Crippen LogP contribution in [0.25, 0.3) is 0 Å². The molecule has 3 unspecified atom stereocenters. The van der Waals surface area contributed by atoms with Gasteiger partial charge in [0, 0.05) is 11.6 Å². The Bertz CT molecular complexity index is 903. The molecule has 1 heterocycles. The number of hydrogen-bond donors (Lipinski definition) is 1. The molecule has 0 amide bonds. The zero-order valence-corrected chi connectivity index (χ0v) is 21.7. The summed E-state index contributed by atoms with van der Waals surface area (Å²) in [5, 5.41) is 4.17. The average molecular weight is 470 g/mol. The zero-order valence-electron chi connectivity index (χ0n) is 21.7. The number of hydrogen-bond acceptors (Lipinski definition) is 5. The van der Waals surface area contributed by atoms with E-state index in [9.17, 15) is 4.79 Å². The van der Waals surface area contributed by atoms with E-state index < -0.39 is 0 Å². The summed E-state index contributed by atoms with van der Waals surface area (Å²) in [6.07, 6.45) is 10.4. The third-order valence-electron chi connectivity index (χ3n) is 8.73. The highest BCUT2D eigenvalue weighted by Gasteiger charge is 2.53. The predicted octanol–water partition coefficient (Wildman–Crippen LogP) is 5.69. The third kappa shape index (κ3) is 4.96. The molecular formula is C29H43NO4. The molecule has 1 aliphatic heterocycles. The van der Waals surface area contributed by atoms with Crippen molar-refractivity contribution in [3.8, 4) is 11.5 Å². The number of rotatable bonds is 7. The topological polar surface area (TPSA) is 56.8 Å². The lowest BCUT2D eigenvalue weighted by molar-refractivity contribution is -0.141. The molecule has 5 rings (SSSR count). The Labute approximate surface area is 205 Å². The van der Waals surface area contributed by atoms with E-state index in [1.54, 1.807) is 7.11 Å². The van der Waals surface area contributed by atoms with Gasteiger partial charge in [0.1, 0.15) is 6.10 Å². The van der Waals surface area contributed by atoms with E-state index in [1.165, 1.54) is 38.5 Å². The number of ether oxygens (including phenoxy) is 3. The van der Waals surface area contributed by atoms with Crippen LogP contribution in [0, 0.1) is 22.7 Å². The second-order valence-electron chi connectivity index (χ2n) is 13.3. The Balaban J connectivity index is 1.26. The van der Waals surface area contributed by atoms with Crippen LogP contribution in [0.3, 0.4) is 0 Å². The molecular weight excluding hydrogens is 426 g/mol. The molecule has 4 fully saturated rings. The van der Waals surface area contributed by atoms with E-state index in [-0.39, 0.29) is 23.5 Å². The lowest BCUT2D eigenvalue weighted by atomic mass is 9.52. The van der Waals surface area contributed by atoms with Crippen molar-refractivity contribution in [2.45, 2.75) is 103 Å². The van der Waals surface area contributed by atoms with Crippen LogP contribution in [0.15, 0.2) is 18.2 Å². The highest BCUT2D eigenvalue weighted by Crippen LogP contribution is 2.56. The summed E-state index contributed by atoms with van der Waals surface area (Å²) in [4.78, 5) is 11.9. The maximum absolute atomic E-state index is 11.9. The third-order valence-corrected chi connectivity index (χ3v) is 8.73. The molecule has 0 aromatic heterocycles. The number of benzene rings is 1. The Morgan fingerprint density at radius 2 is 1.74 bits per heavy atom. The summed E-state index contributed by atoms with van der Waals surface area (Å²) >= 11 is 0.